The molecular formula is C18H31NO. The highest BCUT2D eigenvalue weighted by atomic mass is 16.5. The molecule has 1 aromatic carbocycles. The van der Waals surface area contributed by atoms with Crippen molar-refractivity contribution < 1.29 is 4.74 Å². The van der Waals surface area contributed by atoms with Crippen molar-refractivity contribution in [2.24, 2.45) is 0 Å². The molecule has 0 amide bonds. The summed E-state index contributed by atoms with van der Waals surface area (Å²) in [5, 5.41) is 3.69. The van der Waals surface area contributed by atoms with Crippen LogP contribution in [-0.2, 0) is 4.74 Å². The van der Waals surface area contributed by atoms with E-state index in [9.17, 15) is 0 Å². The molecule has 2 nitrogen and oxygen atoms in total. The third-order valence-corrected chi connectivity index (χ3v) is 4.04. The molecule has 1 N–H and O–H groups in total. The van der Waals surface area contributed by atoms with E-state index in [0.29, 0.717) is 6.04 Å². The highest BCUT2D eigenvalue weighted by Gasteiger charge is 2.20. The second-order valence-electron chi connectivity index (χ2n) is 6.37. The Morgan fingerprint density at radius 2 is 1.95 bits per heavy atom. The summed E-state index contributed by atoms with van der Waals surface area (Å²) in [5.41, 5.74) is 4.09. The van der Waals surface area contributed by atoms with Crippen molar-refractivity contribution in [1.29, 1.82) is 0 Å². The van der Waals surface area contributed by atoms with E-state index in [1.165, 1.54) is 16.7 Å². The summed E-state index contributed by atoms with van der Waals surface area (Å²) < 4.78 is 5.55. The molecule has 20 heavy (non-hydrogen) atoms. The van der Waals surface area contributed by atoms with Crippen LogP contribution >= 0.6 is 0 Å². The quantitative estimate of drug-likeness (QED) is 0.752. The molecule has 0 aliphatic carbocycles. The normalized spacial score (nSPS) is 13.5. The molecule has 1 rings (SSSR count). The van der Waals surface area contributed by atoms with E-state index < -0.39 is 0 Å². The van der Waals surface area contributed by atoms with E-state index in [-0.39, 0.29) is 5.60 Å². The Bertz CT molecular complexity index is 412. The molecule has 0 spiro atoms. The molecule has 0 bridgehead atoms. The smallest absolute Gasteiger partial charge is 0.0623 e. The van der Waals surface area contributed by atoms with Gasteiger partial charge in [0.1, 0.15) is 0 Å². The lowest BCUT2D eigenvalue weighted by Crippen LogP contribution is -2.28. The van der Waals surface area contributed by atoms with E-state index in [1.54, 1.807) is 7.11 Å². The van der Waals surface area contributed by atoms with Gasteiger partial charge in [-0.25, -0.2) is 0 Å². The molecule has 0 fully saturated rings. The fourth-order valence-electron chi connectivity index (χ4n) is 2.42. The van der Waals surface area contributed by atoms with Gasteiger partial charge in [-0.3, -0.25) is 0 Å². The lowest BCUT2D eigenvalue weighted by molar-refractivity contribution is 0.0116. The molecule has 1 aromatic rings. The largest absolute Gasteiger partial charge is 0.379 e. The summed E-state index contributed by atoms with van der Waals surface area (Å²) in [4.78, 5) is 0. The lowest BCUT2D eigenvalue weighted by Gasteiger charge is -2.27. The number of methoxy groups -OCH3 is 1. The van der Waals surface area contributed by atoms with Crippen molar-refractivity contribution in [3.63, 3.8) is 0 Å². The van der Waals surface area contributed by atoms with Crippen LogP contribution in [-0.4, -0.2) is 19.3 Å². The maximum Gasteiger partial charge on any atom is 0.0623 e. The highest BCUT2D eigenvalue weighted by Crippen LogP contribution is 2.27. The first-order valence-corrected chi connectivity index (χ1v) is 7.75. The van der Waals surface area contributed by atoms with Crippen LogP contribution in [0.2, 0.25) is 0 Å². The minimum Gasteiger partial charge on any atom is -0.379 e. The van der Waals surface area contributed by atoms with Crippen LogP contribution in [0.1, 0.15) is 62.8 Å². The van der Waals surface area contributed by atoms with Crippen molar-refractivity contribution in [2.75, 3.05) is 13.7 Å². The van der Waals surface area contributed by atoms with Crippen LogP contribution in [0.4, 0.5) is 0 Å². The van der Waals surface area contributed by atoms with E-state index in [2.05, 4.69) is 58.1 Å². The summed E-state index contributed by atoms with van der Waals surface area (Å²) in [6, 6.07) is 7.16. The standard InChI is InChI=1S/C18H31NO/c1-7-12-19-17(10-11-18(4,5)20-6)16-13-14(2)8-9-15(16)3/h8-9,13,17,19H,7,10-12H2,1-6H3. The average molecular weight is 277 g/mol. The van der Waals surface area contributed by atoms with E-state index >= 15 is 0 Å². The van der Waals surface area contributed by atoms with Crippen molar-refractivity contribution >= 4 is 0 Å². The number of benzene rings is 1. The molecule has 0 aliphatic rings. The second kappa shape index (κ2) is 7.80. The lowest BCUT2D eigenvalue weighted by atomic mass is 9.91. The highest BCUT2D eigenvalue weighted by molar-refractivity contribution is 5.33. The number of hydrogen-bond donors (Lipinski definition) is 1. The van der Waals surface area contributed by atoms with Crippen molar-refractivity contribution in [1.82, 2.24) is 5.32 Å². The van der Waals surface area contributed by atoms with Crippen LogP contribution in [0.3, 0.4) is 0 Å². The Labute approximate surface area is 124 Å². The second-order valence-corrected chi connectivity index (χ2v) is 6.37. The van der Waals surface area contributed by atoms with Gasteiger partial charge >= 0.3 is 0 Å². The maximum atomic E-state index is 5.55. The predicted molar refractivity (Wildman–Crippen MR) is 87.3 cm³/mol. The van der Waals surface area contributed by atoms with Crippen LogP contribution in [0.5, 0.6) is 0 Å². The van der Waals surface area contributed by atoms with Crippen molar-refractivity contribution in [2.45, 2.75) is 65.5 Å². The Morgan fingerprint density at radius 3 is 2.55 bits per heavy atom. The maximum absolute atomic E-state index is 5.55. The molecule has 0 heterocycles. The van der Waals surface area contributed by atoms with Gasteiger partial charge in [0.15, 0.2) is 0 Å². The molecule has 0 radical (unpaired) electrons. The third kappa shape index (κ3) is 5.26. The Kier molecular flexibility index (Phi) is 6.70. The molecular weight excluding hydrogens is 246 g/mol. The molecule has 0 aromatic heterocycles. The number of ether oxygens (including phenoxy) is 1. The van der Waals surface area contributed by atoms with Gasteiger partial charge in [-0.15, -0.1) is 0 Å². The number of nitrogens with one attached hydrogen (secondary N) is 1. The zero-order chi connectivity index (χ0) is 15.2. The van der Waals surface area contributed by atoms with E-state index in [0.717, 1.165) is 25.8 Å². The molecule has 114 valence electrons. The predicted octanol–water partition coefficient (Wildman–Crippen LogP) is 4.55. The summed E-state index contributed by atoms with van der Waals surface area (Å²) in [6.45, 7) is 12.0. The van der Waals surface area contributed by atoms with Crippen LogP contribution in [0.25, 0.3) is 0 Å². The van der Waals surface area contributed by atoms with Gasteiger partial charge in [-0.2, -0.15) is 0 Å². The van der Waals surface area contributed by atoms with Crippen LogP contribution in [0, 0.1) is 13.8 Å². The fourth-order valence-corrected chi connectivity index (χ4v) is 2.42. The molecule has 2 heteroatoms. The number of hydrogen-bond acceptors (Lipinski definition) is 2. The summed E-state index contributed by atoms with van der Waals surface area (Å²) in [7, 11) is 1.80. The van der Waals surface area contributed by atoms with Gasteiger partial charge in [-0.05, 0) is 64.6 Å². The van der Waals surface area contributed by atoms with E-state index in [4.69, 9.17) is 4.74 Å². The summed E-state index contributed by atoms with van der Waals surface area (Å²) in [6.07, 6.45) is 3.32. The first kappa shape index (κ1) is 17.2. The van der Waals surface area contributed by atoms with Crippen molar-refractivity contribution in [3.8, 4) is 0 Å². The minimum atomic E-state index is -0.0517. The van der Waals surface area contributed by atoms with Crippen LogP contribution < -0.4 is 5.32 Å². The number of rotatable bonds is 8. The minimum absolute atomic E-state index is 0.0517. The van der Waals surface area contributed by atoms with Gasteiger partial charge in [0.05, 0.1) is 5.60 Å². The molecule has 0 saturated carbocycles. The zero-order valence-corrected chi connectivity index (χ0v) is 14.0. The number of aryl methyl sites for hydroxylation is 2. The molecule has 1 unspecified atom stereocenters. The van der Waals surface area contributed by atoms with E-state index in [1.807, 2.05) is 0 Å². The first-order chi connectivity index (χ1) is 9.39. The van der Waals surface area contributed by atoms with Gasteiger partial charge in [0, 0.05) is 13.2 Å². The topological polar surface area (TPSA) is 21.3 Å². The first-order valence-electron chi connectivity index (χ1n) is 7.75. The zero-order valence-electron chi connectivity index (χ0n) is 14.0. The molecule has 1 atom stereocenters. The SMILES string of the molecule is CCCNC(CCC(C)(C)OC)c1cc(C)ccc1C. The van der Waals surface area contributed by atoms with Gasteiger partial charge in [0.2, 0.25) is 0 Å². The van der Waals surface area contributed by atoms with Crippen LogP contribution in [0.15, 0.2) is 18.2 Å². The Balaban J connectivity index is 2.85. The molecule has 0 aliphatic heterocycles. The third-order valence-electron chi connectivity index (χ3n) is 4.04. The summed E-state index contributed by atoms with van der Waals surface area (Å²) >= 11 is 0. The van der Waals surface area contributed by atoms with Gasteiger partial charge in [-0.1, -0.05) is 30.7 Å². The van der Waals surface area contributed by atoms with Gasteiger partial charge < -0.3 is 10.1 Å². The van der Waals surface area contributed by atoms with Gasteiger partial charge in [0.25, 0.3) is 0 Å². The summed E-state index contributed by atoms with van der Waals surface area (Å²) in [5.74, 6) is 0. The Hall–Kier alpha value is -0.860. The van der Waals surface area contributed by atoms with Crippen molar-refractivity contribution in [3.05, 3.63) is 34.9 Å². The fraction of sp³-hybridized carbons (Fsp3) is 0.667. The average Bonchev–Trinajstić information content (AvgIpc) is 2.42. The Morgan fingerprint density at radius 1 is 1.25 bits per heavy atom. The molecule has 0 saturated heterocycles. The monoisotopic (exact) mass is 277 g/mol.